The summed E-state index contributed by atoms with van der Waals surface area (Å²) < 4.78 is 5.09. The van der Waals surface area contributed by atoms with Crippen molar-refractivity contribution in [2.45, 2.75) is 26.2 Å². The highest BCUT2D eigenvalue weighted by Gasteiger charge is 2.30. The molecule has 1 heterocycles. The minimum atomic E-state index is -0.141. The summed E-state index contributed by atoms with van der Waals surface area (Å²) in [5, 5.41) is 4.13. The van der Waals surface area contributed by atoms with Gasteiger partial charge in [0, 0.05) is 16.6 Å². The van der Waals surface area contributed by atoms with Gasteiger partial charge in [-0.2, -0.15) is 0 Å². The van der Waals surface area contributed by atoms with E-state index in [1.54, 1.807) is 12.1 Å². The fourth-order valence-corrected chi connectivity index (χ4v) is 3.63. The van der Waals surface area contributed by atoms with E-state index in [0.717, 1.165) is 29.8 Å². The van der Waals surface area contributed by atoms with Gasteiger partial charge in [0.25, 0.3) is 5.91 Å². The number of halogens is 2. The molecule has 0 aromatic heterocycles. The molecule has 0 spiro atoms. The number of likely N-dealkylation sites (tertiary alicyclic amines) is 1. The minimum Gasteiger partial charge on any atom is -0.466 e. The fourth-order valence-electron chi connectivity index (χ4n) is 3.12. The predicted molar refractivity (Wildman–Crippen MR) is 98.1 cm³/mol. The highest BCUT2D eigenvalue weighted by atomic mass is 35.5. The number of esters is 1. The Morgan fingerprint density at radius 2 is 2.16 bits per heavy atom. The maximum Gasteiger partial charge on any atom is 0.314 e. The molecule has 1 unspecified atom stereocenters. The molecule has 1 aromatic carbocycles. The van der Waals surface area contributed by atoms with Gasteiger partial charge in [-0.1, -0.05) is 29.3 Å². The van der Waals surface area contributed by atoms with Crippen LogP contribution in [0.1, 0.15) is 25.3 Å². The first-order valence-electron chi connectivity index (χ1n) is 8.70. The Labute approximate surface area is 158 Å². The van der Waals surface area contributed by atoms with Crippen LogP contribution in [-0.2, 0) is 20.7 Å². The lowest BCUT2D eigenvalue weighted by Crippen LogP contribution is -3.14. The van der Waals surface area contributed by atoms with E-state index < -0.39 is 0 Å². The Kier molecular flexibility index (Phi) is 8.00. The van der Waals surface area contributed by atoms with E-state index in [2.05, 4.69) is 5.32 Å². The van der Waals surface area contributed by atoms with Crippen molar-refractivity contribution in [1.29, 1.82) is 0 Å². The Bertz CT molecular complexity index is 610. The number of piperidine rings is 1. The predicted octanol–water partition coefficient (Wildman–Crippen LogP) is 1.51. The summed E-state index contributed by atoms with van der Waals surface area (Å²) in [7, 11) is 0. The SMILES string of the molecule is CCOC(=O)[C@@H]1CCC[NH+](CC(=O)NCCc2ccc(Cl)cc2Cl)C1. The molecule has 1 fully saturated rings. The maximum absolute atomic E-state index is 12.1. The van der Waals surface area contributed by atoms with Crippen LogP contribution >= 0.6 is 23.2 Å². The van der Waals surface area contributed by atoms with Crippen LogP contribution in [-0.4, -0.2) is 44.7 Å². The quantitative estimate of drug-likeness (QED) is 0.697. The molecule has 7 heteroatoms. The third-order valence-electron chi connectivity index (χ3n) is 4.38. The van der Waals surface area contributed by atoms with Crippen molar-refractivity contribution in [2.24, 2.45) is 5.92 Å². The van der Waals surface area contributed by atoms with Gasteiger partial charge in [0.05, 0.1) is 19.7 Å². The van der Waals surface area contributed by atoms with E-state index in [0.29, 0.717) is 42.7 Å². The zero-order chi connectivity index (χ0) is 18.2. The smallest absolute Gasteiger partial charge is 0.314 e. The molecule has 0 saturated carbocycles. The third kappa shape index (κ3) is 6.49. The van der Waals surface area contributed by atoms with Crippen molar-refractivity contribution < 1.29 is 19.2 Å². The largest absolute Gasteiger partial charge is 0.466 e. The third-order valence-corrected chi connectivity index (χ3v) is 4.97. The number of amides is 1. The Hall–Kier alpha value is -1.30. The number of benzene rings is 1. The number of nitrogens with one attached hydrogen (secondary N) is 2. The number of quaternary nitrogens is 1. The molecule has 25 heavy (non-hydrogen) atoms. The molecule has 2 atom stereocenters. The maximum atomic E-state index is 12.1. The van der Waals surface area contributed by atoms with Crippen molar-refractivity contribution in [3.05, 3.63) is 33.8 Å². The number of ether oxygens (including phenoxy) is 1. The van der Waals surface area contributed by atoms with Crippen molar-refractivity contribution in [3.63, 3.8) is 0 Å². The van der Waals surface area contributed by atoms with E-state index in [9.17, 15) is 9.59 Å². The highest BCUT2D eigenvalue weighted by molar-refractivity contribution is 6.35. The topological polar surface area (TPSA) is 59.8 Å². The average molecular weight is 388 g/mol. The van der Waals surface area contributed by atoms with Gasteiger partial charge in [-0.25, -0.2) is 0 Å². The highest BCUT2D eigenvalue weighted by Crippen LogP contribution is 2.21. The summed E-state index contributed by atoms with van der Waals surface area (Å²) in [6, 6.07) is 5.36. The van der Waals surface area contributed by atoms with Gasteiger partial charge in [0.15, 0.2) is 6.54 Å². The van der Waals surface area contributed by atoms with Crippen molar-refractivity contribution in [3.8, 4) is 0 Å². The van der Waals surface area contributed by atoms with Crippen LogP contribution in [0.25, 0.3) is 0 Å². The molecule has 1 saturated heterocycles. The van der Waals surface area contributed by atoms with Crippen LogP contribution in [0.3, 0.4) is 0 Å². The first kappa shape index (κ1) is 20.0. The van der Waals surface area contributed by atoms with Gasteiger partial charge in [0.1, 0.15) is 5.92 Å². The van der Waals surface area contributed by atoms with Gasteiger partial charge in [-0.05, 0) is 43.9 Å². The fraction of sp³-hybridized carbons (Fsp3) is 0.556. The molecule has 1 amide bonds. The first-order chi connectivity index (χ1) is 12.0. The number of hydrogen-bond donors (Lipinski definition) is 2. The van der Waals surface area contributed by atoms with E-state index in [4.69, 9.17) is 27.9 Å². The Morgan fingerprint density at radius 1 is 1.36 bits per heavy atom. The number of carbonyl (C=O) groups excluding carboxylic acids is 2. The zero-order valence-electron chi connectivity index (χ0n) is 14.4. The second-order valence-corrected chi connectivity index (χ2v) is 7.15. The standard InChI is InChI=1S/C18H24Cl2N2O3/c1-2-25-18(24)14-4-3-9-22(11-14)12-17(23)21-8-7-13-5-6-15(19)10-16(13)20/h5-6,10,14H,2-4,7-9,11-12H2,1H3,(H,21,23)/p+1/t14-/m1/s1. The van der Waals surface area contributed by atoms with Crippen LogP contribution < -0.4 is 10.2 Å². The molecule has 5 nitrogen and oxygen atoms in total. The van der Waals surface area contributed by atoms with E-state index >= 15 is 0 Å². The lowest BCUT2D eigenvalue weighted by molar-refractivity contribution is -0.899. The summed E-state index contributed by atoms with van der Waals surface area (Å²) in [5.74, 6) is -0.244. The molecular formula is C18H25Cl2N2O3+. The van der Waals surface area contributed by atoms with Gasteiger partial charge in [-0.15, -0.1) is 0 Å². The average Bonchev–Trinajstić information content (AvgIpc) is 2.57. The minimum absolute atomic E-state index is 0.00963. The molecule has 0 radical (unpaired) electrons. The van der Waals surface area contributed by atoms with Crippen molar-refractivity contribution in [1.82, 2.24) is 5.32 Å². The van der Waals surface area contributed by atoms with Crippen molar-refractivity contribution >= 4 is 35.1 Å². The zero-order valence-corrected chi connectivity index (χ0v) is 16.0. The van der Waals surface area contributed by atoms with Crippen LogP contribution in [0, 0.1) is 5.92 Å². The van der Waals surface area contributed by atoms with Gasteiger partial charge < -0.3 is 15.0 Å². The molecule has 0 bridgehead atoms. The molecular weight excluding hydrogens is 363 g/mol. The molecule has 2 rings (SSSR count). The lowest BCUT2D eigenvalue weighted by atomic mass is 9.98. The number of rotatable bonds is 7. The van der Waals surface area contributed by atoms with Gasteiger partial charge in [-0.3, -0.25) is 9.59 Å². The summed E-state index contributed by atoms with van der Waals surface area (Å²) in [4.78, 5) is 25.1. The molecule has 1 aliphatic heterocycles. The molecule has 138 valence electrons. The monoisotopic (exact) mass is 387 g/mol. The van der Waals surface area contributed by atoms with Crippen LogP contribution in [0.4, 0.5) is 0 Å². The lowest BCUT2D eigenvalue weighted by Gasteiger charge is -2.28. The Morgan fingerprint density at radius 3 is 2.88 bits per heavy atom. The first-order valence-corrected chi connectivity index (χ1v) is 9.46. The van der Waals surface area contributed by atoms with Crippen LogP contribution in [0.15, 0.2) is 18.2 Å². The molecule has 1 aliphatic rings. The molecule has 0 aliphatic carbocycles. The second kappa shape index (κ2) is 10.00. The van der Waals surface area contributed by atoms with Crippen molar-refractivity contribution in [2.75, 3.05) is 32.8 Å². The summed E-state index contributed by atoms with van der Waals surface area (Å²) in [5.41, 5.74) is 0.957. The Balaban J connectivity index is 1.73. The van der Waals surface area contributed by atoms with E-state index in [1.165, 1.54) is 0 Å². The van der Waals surface area contributed by atoms with E-state index in [-0.39, 0.29) is 17.8 Å². The summed E-state index contributed by atoms with van der Waals surface area (Å²) in [6.45, 7) is 4.69. The second-order valence-electron chi connectivity index (χ2n) is 6.31. The molecule has 1 aromatic rings. The van der Waals surface area contributed by atoms with Gasteiger partial charge in [0.2, 0.25) is 0 Å². The number of hydrogen-bond acceptors (Lipinski definition) is 3. The summed E-state index contributed by atoms with van der Waals surface area (Å²) >= 11 is 12.0. The van der Waals surface area contributed by atoms with Crippen LogP contribution in [0.2, 0.25) is 10.0 Å². The van der Waals surface area contributed by atoms with Crippen LogP contribution in [0.5, 0.6) is 0 Å². The molecule has 2 N–H and O–H groups in total. The number of carbonyl (C=O) groups is 2. The van der Waals surface area contributed by atoms with Gasteiger partial charge >= 0.3 is 5.97 Å². The normalized spacial score (nSPS) is 20.1. The van der Waals surface area contributed by atoms with E-state index in [1.807, 2.05) is 13.0 Å². The summed E-state index contributed by atoms with van der Waals surface area (Å²) in [6.07, 6.45) is 2.44.